The molecule has 2 aliphatic rings. The first-order chi connectivity index (χ1) is 4.81. The van der Waals surface area contributed by atoms with E-state index >= 15 is 0 Å². The summed E-state index contributed by atoms with van der Waals surface area (Å²) in [4.78, 5) is 10.8. The molecule has 1 saturated heterocycles. The van der Waals surface area contributed by atoms with Gasteiger partial charge in [0.25, 0.3) is 0 Å². The Labute approximate surface area is 59.4 Å². The summed E-state index contributed by atoms with van der Waals surface area (Å²) in [5.41, 5.74) is 0. The van der Waals surface area contributed by atoms with Crippen LogP contribution in [-0.4, -0.2) is 23.7 Å². The summed E-state index contributed by atoms with van der Waals surface area (Å²) in [7, 11) is 0. The van der Waals surface area contributed by atoms with Crippen molar-refractivity contribution >= 4 is 5.91 Å². The van der Waals surface area contributed by atoms with E-state index in [0.29, 0.717) is 18.3 Å². The van der Waals surface area contributed by atoms with Gasteiger partial charge >= 0.3 is 0 Å². The Balaban J connectivity index is 2.02. The Kier molecular flexibility index (Phi) is 1.20. The van der Waals surface area contributed by atoms with E-state index in [1.54, 1.807) is 0 Å². The number of carbonyl (C=O) groups is 1. The molecule has 3 atom stereocenters. The summed E-state index contributed by atoms with van der Waals surface area (Å²) in [6.45, 7) is 0.104. The summed E-state index contributed by atoms with van der Waals surface area (Å²) in [5.74, 6) is 1.28. The summed E-state index contributed by atoms with van der Waals surface area (Å²) in [5, 5.41) is 11.6. The van der Waals surface area contributed by atoms with Crippen LogP contribution in [0, 0.1) is 11.8 Å². The van der Waals surface area contributed by atoms with Gasteiger partial charge in [-0.05, 0) is 18.3 Å². The number of amides is 1. The molecule has 1 aliphatic carbocycles. The minimum absolute atomic E-state index is 0.0613. The van der Waals surface area contributed by atoms with E-state index in [9.17, 15) is 4.79 Å². The van der Waals surface area contributed by atoms with Crippen LogP contribution in [0.1, 0.15) is 12.8 Å². The molecule has 1 saturated carbocycles. The molecular formula is C7H11NO2. The minimum Gasteiger partial charge on any atom is -0.394 e. The molecule has 0 aromatic heterocycles. The van der Waals surface area contributed by atoms with E-state index < -0.39 is 0 Å². The zero-order chi connectivity index (χ0) is 7.14. The predicted molar refractivity (Wildman–Crippen MR) is 35.2 cm³/mol. The summed E-state index contributed by atoms with van der Waals surface area (Å²) >= 11 is 0. The molecule has 3 unspecified atom stereocenters. The minimum atomic E-state index is 0.0613. The number of aliphatic hydroxyl groups excluding tert-OH is 1. The van der Waals surface area contributed by atoms with Crippen molar-refractivity contribution in [2.45, 2.75) is 18.9 Å². The van der Waals surface area contributed by atoms with Gasteiger partial charge in [0.1, 0.15) is 0 Å². The van der Waals surface area contributed by atoms with Crippen molar-refractivity contribution in [2.24, 2.45) is 11.8 Å². The second-order valence-corrected chi connectivity index (χ2v) is 3.22. The van der Waals surface area contributed by atoms with Crippen LogP contribution in [0.4, 0.5) is 0 Å². The van der Waals surface area contributed by atoms with Crippen LogP contribution < -0.4 is 5.32 Å². The lowest BCUT2D eigenvalue weighted by Gasteiger charge is -2.20. The summed E-state index contributed by atoms with van der Waals surface area (Å²) in [6.07, 6.45) is 1.81. The Morgan fingerprint density at radius 3 is 3.20 bits per heavy atom. The molecule has 0 aromatic rings. The fourth-order valence-electron chi connectivity index (χ4n) is 1.79. The Hall–Kier alpha value is -0.570. The highest BCUT2D eigenvalue weighted by Gasteiger charge is 2.47. The van der Waals surface area contributed by atoms with Crippen LogP contribution in [0.2, 0.25) is 0 Å². The van der Waals surface area contributed by atoms with Gasteiger partial charge in [-0.1, -0.05) is 0 Å². The Bertz CT molecular complexity index is 169. The van der Waals surface area contributed by atoms with Gasteiger partial charge in [-0.25, -0.2) is 0 Å². The Morgan fingerprint density at radius 2 is 2.50 bits per heavy atom. The fraction of sp³-hybridized carbons (Fsp3) is 0.857. The molecular weight excluding hydrogens is 130 g/mol. The second-order valence-electron chi connectivity index (χ2n) is 3.22. The van der Waals surface area contributed by atoms with Crippen LogP contribution in [-0.2, 0) is 4.79 Å². The Morgan fingerprint density at radius 1 is 1.70 bits per heavy atom. The maximum atomic E-state index is 10.8. The number of fused-ring (bicyclic) bond motifs is 1. The van der Waals surface area contributed by atoms with Gasteiger partial charge in [-0.3, -0.25) is 4.79 Å². The number of carbonyl (C=O) groups excluding carboxylic acids is 1. The van der Waals surface area contributed by atoms with Crippen LogP contribution in [0.3, 0.4) is 0 Å². The molecule has 0 aromatic carbocycles. The van der Waals surface area contributed by atoms with Crippen molar-refractivity contribution in [3.63, 3.8) is 0 Å². The van der Waals surface area contributed by atoms with E-state index in [-0.39, 0.29) is 18.6 Å². The smallest absolute Gasteiger partial charge is 0.220 e. The topological polar surface area (TPSA) is 49.3 Å². The van der Waals surface area contributed by atoms with Gasteiger partial charge in [0.05, 0.1) is 12.6 Å². The average molecular weight is 141 g/mol. The molecule has 2 fully saturated rings. The van der Waals surface area contributed by atoms with E-state index in [1.807, 2.05) is 0 Å². The van der Waals surface area contributed by atoms with E-state index in [2.05, 4.69) is 5.32 Å². The maximum absolute atomic E-state index is 10.8. The van der Waals surface area contributed by atoms with Crippen molar-refractivity contribution < 1.29 is 9.90 Å². The third-order valence-corrected chi connectivity index (χ3v) is 2.48. The van der Waals surface area contributed by atoms with Crippen molar-refractivity contribution in [2.75, 3.05) is 6.61 Å². The van der Waals surface area contributed by atoms with Crippen molar-refractivity contribution in [3.05, 3.63) is 0 Å². The summed E-state index contributed by atoms with van der Waals surface area (Å²) < 4.78 is 0. The fourth-order valence-corrected chi connectivity index (χ4v) is 1.79. The molecule has 56 valence electrons. The summed E-state index contributed by atoms with van der Waals surface area (Å²) in [6, 6.07) is 0.0613. The zero-order valence-electron chi connectivity index (χ0n) is 5.71. The first kappa shape index (κ1) is 6.16. The van der Waals surface area contributed by atoms with Crippen LogP contribution in [0.25, 0.3) is 0 Å². The molecule has 3 heteroatoms. The number of rotatable bonds is 1. The van der Waals surface area contributed by atoms with Crippen molar-refractivity contribution in [1.29, 1.82) is 0 Å². The van der Waals surface area contributed by atoms with E-state index in [1.165, 1.54) is 0 Å². The van der Waals surface area contributed by atoms with Crippen molar-refractivity contribution in [3.8, 4) is 0 Å². The molecule has 0 radical (unpaired) electrons. The van der Waals surface area contributed by atoms with Gasteiger partial charge in [0.2, 0.25) is 5.91 Å². The standard InChI is InChI=1S/C7H11NO2/c9-3-6-5-1-4(5)2-7(10)8-6/h4-6,9H,1-3H2,(H,8,10). The highest BCUT2D eigenvalue weighted by Crippen LogP contribution is 2.45. The predicted octanol–water partition coefficient (Wildman–Crippen LogP) is -0.497. The van der Waals surface area contributed by atoms with Gasteiger partial charge in [0, 0.05) is 6.42 Å². The molecule has 2 N–H and O–H groups in total. The molecule has 0 spiro atoms. The molecule has 1 amide bonds. The highest BCUT2D eigenvalue weighted by molar-refractivity contribution is 5.78. The number of hydrogen-bond donors (Lipinski definition) is 2. The zero-order valence-corrected chi connectivity index (χ0v) is 5.71. The van der Waals surface area contributed by atoms with Gasteiger partial charge < -0.3 is 10.4 Å². The van der Waals surface area contributed by atoms with Gasteiger partial charge in [-0.2, -0.15) is 0 Å². The SMILES string of the molecule is O=C1CC2CC2C(CO)N1. The van der Waals surface area contributed by atoms with Crippen LogP contribution in [0.15, 0.2) is 0 Å². The maximum Gasteiger partial charge on any atom is 0.220 e. The lowest BCUT2D eigenvalue weighted by Crippen LogP contribution is -2.42. The number of aliphatic hydroxyl groups is 1. The molecule has 1 heterocycles. The number of hydrogen-bond acceptors (Lipinski definition) is 2. The monoisotopic (exact) mass is 141 g/mol. The van der Waals surface area contributed by atoms with E-state index in [0.717, 1.165) is 6.42 Å². The largest absolute Gasteiger partial charge is 0.394 e. The quantitative estimate of drug-likeness (QED) is 0.517. The third kappa shape index (κ3) is 0.814. The first-order valence-corrected chi connectivity index (χ1v) is 3.71. The normalized spacial score (nSPS) is 44.1. The van der Waals surface area contributed by atoms with Gasteiger partial charge in [-0.15, -0.1) is 0 Å². The third-order valence-electron chi connectivity index (χ3n) is 2.48. The molecule has 3 nitrogen and oxygen atoms in total. The second kappa shape index (κ2) is 1.95. The molecule has 10 heavy (non-hydrogen) atoms. The highest BCUT2D eigenvalue weighted by atomic mass is 16.3. The molecule has 1 aliphatic heterocycles. The van der Waals surface area contributed by atoms with Crippen molar-refractivity contribution in [1.82, 2.24) is 5.32 Å². The number of piperidine rings is 1. The van der Waals surface area contributed by atoms with Gasteiger partial charge in [0.15, 0.2) is 0 Å². The van der Waals surface area contributed by atoms with Crippen LogP contribution in [0.5, 0.6) is 0 Å². The first-order valence-electron chi connectivity index (χ1n) is 3.71. The van der Waals surface area contributed by atoms with Crippen LogP contribution >= 0.6 is 0 Å². The molecule has 2 rings (SSSR count). The average Bonchev–Trinajstić information content (AvgIpc) is 2.64. The lowest BCUT2D eigenvalue weighted by atomic mass is 10.1. The van der Waals surface area contributed by atoms with E-state index in [4.69, 9.17) is 5.11 Å². The lowest BCUT2D eigenvalue weighted by molar-refractivity contribution is -0.124. The molecule has 0 bridgehead atoms. The number of nitrogens with one attached hydrogen (secondary N) is 1.